The van der Waals surface area contributed by atoms with E-state index in [1.165, 1.54) is 7.11 Å². The van der Waals surface area contributed by atoms with Crippen LogP contribution in [0.15, 0.2) is 30.3 Å². The molecule has 1 atom stereocenters. The van der Waals surface area contributed by atoms with Gasteiger partial charge in [-0.15, -0.1) is 0 Å². The lowest BCUT2D eigenvalue weighted by molar-refractivity contribution is -0.145. The molecule has 2 amide bonds. The smallest absolute Gasteiger partial charge is 0.328 e. The number of benzene rings is 1. The fraction of sp³-hybridized carbons (Fsp3) is 0.333. The molecule has 0 heterocycles. The van der Waals surface area contributed by atoms with Crippen molar-refractivity contribution < 1.29 is 19.1 Å². The molecule has 0 radical (unpaired) electrons. The second-order valence-electron chi connectivity index (χ2n) is 4.39. The molecule has 0 aliphatic heterocycles. The monoisotopic (exact) mass is 303 g/mol. The SMILES string of the molecule is COC(=O)[C@@H](CCC#N)NC(=O)CNC(=O)c1ccccc1. The molecule has 0 saturated carbocycles. The number of nitriles is 1. The number of methoxy groups -OCH3 is 1. The van der Waals surface area contributed by atoms with E-state index in [0.29, 0.717) is 5.56 Å². The van der Waals surface area contributed by atoms with Crippen LogP contribution in [0.5, 0.6) is 0 Å². The van der Waals surface area contributed by atoms with Crippen molar-refractivity contribution in [3.05, 3.63) is 35.9 Å². The van der Waals surface area contributed by atoms with E-state index < -0.39 is 17.9 Å². The number of hydrogen-bond donors (Lipinski definition) is 2. The molecule has 7 nitrogen and oxygen atoms in total. The van der Waals surface area contributed by atoms with Crippen molar-refractivity contribution in [1.82, 2.24) is 10.6 Å². The number of ether oxygens (including phenoxy) is 1. The second kappa shape index (κ2) is 9.13. The van der Waals surface area contributed by atoms with Crippen LogP contribution < -0.4 is 10.6 Å². The maximum atomic E-state index is 11.8. The third-order valence-electron chi connectivity index (χ3n) is 2.81. The van der Waals surface area contributed by atoms with E-state index in [1.54, 1.807) is 30.3 Å². The van der Waals surface area contributed by atoms with Crippen molar-refractivity contribution in [2.24, 2.45) is 0 Å². The Labute approximate surface area is 128 Å². The van der Waals surface area contributed by atoms with E-state index in [4.69, 9.17) is 5.26 Å². The number of nitrogens with one attached hydrogen (secondary N) is 2. The van der Waals surface area contributed by atoms with Gasteiger partial charge in [0.05, 0.1) is 19.7 Å². The van der Waals surface area contributed by atoms with E-state index in [2.05, 4.69) is 15.4 Å². The van der Waals surface area contributed by atoms with E-state index in [-0.39, 0.29) is 25.3 Å². The molecule has 0 aromatic heterocycles. The van der Waals surface area contributed by atoms with Crippen molar-refractivity contribution in [1.29, 1.82) is 5.26 Å². The van der Waals surface area contributed by atoms with Gasteiger partial charge < -0.3 is 15.4 Å². The second-order valence-corrected chi connectivity index (χ2v) is 4.39. The lowest BCUT2D eigenvalue weighted by atomic mass is 10.1. The van der Waals surface area contributed by atoms with Gasteiger partial charge in [0.15, 0.2) is 0 Å². The molecule has 7 heteroatoms. The van der Waals surface area contributed by atoms with Crippen molar-refractivity contribution in [3.63, 3.8) is 0 Å². The first kappa shape index (κ1) is 17.2. The van der Waals surface area contributed by atoms with Gasteiger partial charge in [-0.25, -0.2) is 4.79 Å². The number of carbonyl (C=O) groups excluding carboxylic acids is 3. The summed E-state index contributed by atoms with van der Waals surface area (Å²) in [7, 11) is 1.20. The molecule has 116 valence electrons. The van der Waals surface area contributed by atoms with Gasteiger partial charge in [-0.05, 0) is 18.6 Å². The summed E-state index contributed by atoms with van der Waals surface area (Å²) in [6.45, 7) is -0.270. The van der Waals surface area contributed by atoms with Crippen molar-refractivity contribution in [3.8, 4) is 6.07 Å². The van der Waals surface area contributed by atoms with Crippen LogP contribution in [0.4, 0.5) is 0 Å². The zero-order valence-corrected chi connectivity index (χ0v) is 12.2. The first-order valence-corrected chi connectivity index (χ1v) is 6.66. The molecule has 22 heavy (non-hydrogen) atoms. The molecule has 0 aliphatic rings. The van der Waals surface area contributed by atoms with Gasteiger partial charge in [0.25, 0.3) is 5.91 Å². The summed E-state index contributed by atoms with van der Waals surface area (Å²) in [5.74, 6) is -1.54. The maximum Gasteiger partial charge on any atom is 0.328 e. The minimum Gasteiger partial charge on any atom is -0.467 e. The number of hydrogen-bond acceptors (Lipinski definition) is 5. The molecule has 0 unspecified atom stereocenters. The van der Waals surface area contributed by atoms with Gasteiger partial charge in [0.2, 0.25) is 5.91 Å². The third kappa shape index (κ3) is 5.63. The summed E-state index contributed by atoms with van der Waals surface area (Å²) in [6.07, 6.45) is 0.262. The quantitative estimate of drug-likeness (QED) is 0.708. The molecule has 0 saturated heterocycles. The summed E-state index contributed by atoms with van der Waals surface area (Å²) in [5.41, 5.74) is 0.435. The zero-order valence-electron chi connectivity index (χ0n) is 12.2. The molecule has 0 fully saturated rings. The highest BCUT2D eigenvalue weighted by atomic mass is 16.5. The van der Waals surface area contributed by atoms with Gasteiger partial charge in [-0.2, -0.15) is 5.26 Å². The van der Waals surface area contributed by atoms with Gasteiger partial charge in [0.1, 0.15) is 6.04 Å². The highest BCUT2D eigenvalue weighted by Crippen LogP contribution is 2.00. The van der Waals surface area contributed by atoms with Crippen molar-refractivity contribution >= 4 is 17.8 Å². The molecule has 2 N–H and O–H groups in total. The predicted octanol–water partition coefficient (Wildman–Crippen LogP) is 0.378. The molecular formula is C15H17N3O4. The number of amides is 2. The predicted molar refractivity (Wildman–Crippen MR) is 77.6 cm³/mol. The Morgan fingerprint density at radius 3 is 2.55 bits per heavy atom. The highest BCUT2D eigenvalue weighted by molar-refractivity contribution is 5.96. The Hall–Kier alpha value is -2.88. The van der Waals surface area contributed by atoms with Gasteiger partial charge in [0, 0.05) is 12.0 Å². The number of rotatable bonds is 7. The summed E-state index contributed by atoms with van der Waals surface area (Å²) < 4.78 is 4.55. The van der Waals surface area contributed by atoms with Crippen LogP contribution in [-0.4, -0.2) is 37.5 Å². The molecule has 1 rings (SSSR count). The lowest BCUT2D eigenvalue weighted by Crippen LogP contribution is -2.45. The van der Waals surface area contributed by atoms with Crippen LogP contribution >= 0.6 is 0 Å². The molecule has 1 aromatic carbocycles. The Balaban J connectivity index is 2.48. The van der Waals surface area contributed by atoms with E-state index in [1.807, 2.05) is 6.07 Å². The Kier molecular flexibility index (Phi) is 7.13. The van der Waals surface area contributed by atoms with Gasteiger partial charge in [-0.1, -0.05) is 18.2 Å². The van der Waals surface area contributed by atoms with E-state index in [0.717, 1.165) is 0 Å². The summed E-state index contributed by atoms with van der Waals surface area (Å²) >= 11 is 0. The van der Waals surface area contributed by atoms with Crippen LogP contribution in [0.25, 0.3) is 0 Å². The fourth-order valence-corrected chi connectivity index (χ4v) is 1.70. The topological polar surface area (TPSA) is 108 Å². The first-order valence-electron chi connectivity index (χ1n) is 6.66. The Morgan fingerprint density at radius 1 is 1.27 bits per heavy atom. The molecule has 1 aromatic rings. The first-order chi connectivity index (χ1) is 10.6. The average molecular weight is 303 g/mol. The average Bonchev–Trinajstić information content (AvgIpc) is 2.56. The minimum absolute atomic E-state index is 0.108. The number of carbonyl (C=O) groups is 3. The van der Waals surface area contributed by atoms with Crippen molar-refractivity contribution in [2.75, 3.05) is 13.7 Å². The molecule has 0 bridgehead atoms. The number of nitrogens with zero attached hydrogens (tertiary/aromatic N) is 1. The summed E-state index contributed by atoms with van der Waals surface area (Å²) in [5, 5.41) is 13.4. The van der Waals surface area contributed by atoms with Crippen LogP contribution in [0.2, 0.25) is 0 Å². The Morgan fingerprint density at radius 2 is 1.95 bits per heavy atom. The normalized spacial score (nSPS) is 10.9. The van der Waals surface area contributed by atoms with Gasteiger partial charge in [-0.3, -0.25) is 9.59 Å². The van der Waals surface area contributed by atoms with Crippen LogP contribution in [0, 0.1) is 11.3 Å². The molecule has 0 aliphatic carbocycles. The minimum atomic E-state index is -0.897. The van der Waals surface area contributed by atoms with Gasteiger partial charge >= 0.3 is 5.97 Å². The zero-order chi connectivity index (χ0) is 16.4. The highest BCUT2D eigenvalue weighted by Gasteiger charge is 2.21. The van der Waals surface area contributed by atoms with E-state index in [9.17, 15) is 14.4 Å². The fourth-order valence-electron chi connectivity index (χ4n) is 1.70. The summed E-state index contributed by atoms with van der Waals surface area (Å²) in [6, 6.07) is 9.44. The van der Waals surface area contributed by atoms with E-state index >= 15 is 0 Å². The lowest BCUT2D eigenvalue weighted by Gasteiger charge is -2.15. The van der Waals surface area contributed by atoms with Crippen LogP contribution in [0.1, 0.15) is 23.2 Å². The van der Waals surface area contributed by atoms with Crippen molar-refractivity contribution in [2.45, 2.75) is 18.9 Å². The standard InChI is InChI=1S/C15H17N3O4/c1-22-15(21)12(8-5-9-16)18-13(19)10-17-14(20)11-6-3-2-4-7-11/h2-4,6-7,12H,5,8,10H2,1H3,(H,17,20)(H,18,19)/t12-/m1/s1. The largest absolute Gasteiger partial charge is 0.467 e. The summed E-state index contributed by atoms with van der Waals surface area (Å²) in [4.78, 5) is 35.0. The maximum absolute atomic E-state index is 11.8. The third-order valence-corrected chi connectivity index (χ3v) is 2.81. The van der Waals surface area contributed by atoms with Crippen LogP contribution in [-0.2, 0) is 14.3 Å². The molecule has 0 spiro atoms. The Bertz CT molecular complexity index is 566. The number of esters is 1. The molecular weight excluding hydrogens is 286 g/mol. The van der Waals surface area contributed by atoms with Crippen LogP contribution in [0.3, 0.4) is 0 Å².